The molecule has 0 aliphatic carbocycles. The smallest absolute Gasteiger partial charge is 0.200 e. The van der Waals surface area contributed by atoms with Gasteiger partial charge in [0.1, 0.15) is 17.3 Å². The van der Waals surface area contributed by atoms with Gasteiger partial charge in [-0.3, -0.25) is 4.98 Å². The largest absolute Gasteiger partial charge is 0.497 e. The van der Waals surface area contributed by atoms with Gasteiger partial charge in [-0.15, -0.1) is 5.10 Å². The van der Waals surface area contributed by atoms with Crippen molar-refractivity contribution in [2.75, 3.05) is 12.8 Å². The fourth-order valence-corrected chi connectivity index (χ4v) is 2.58. The molecule has 1 aromatic carbocycles. The first-order chi connectivity index (χ1) is 11.7. The predicted molar refractivity (Wildman–Crippen MR) is 92.6 cm³/mol. The van der Waals surface area contributed by atoms with E-state index in [-0.39, 0.29) is 0 Å². The van der Waals surface area contributed by atoms with Crippen LogP contribution in [-0.2, 0) is 0 Å². The van der Waals surface area contributed by atoms with E-state index in [0.717, 1.165) is 16.9 Å². The van der Waals surface area contributed by atoms with Gasteiger partial charge in [0.15, 0.2) is 5.65 Å². The molecule has 118 valence electrons. The van der Waals surface area contributed by atoms with Gasteiger partial charge in [-0.05, 0) is 47.5 Å². The maximum atomic E-state index is 6.17. The zero-order valence-corrected chi connectivity index (χ0v) is 13.0. The van der Waals surface area contributed by atoms with Crippen LogP contribution in [0.2, 0.25) is 0 Å². The van der Waals surface area contributed by atoms with Crippen molar-refractivity contribution in [1.82, 2.24) is 19.6 Å². The number of nitrogen functional groups attached to an aromatic ring is 1. The van der Waals surface area contributed by atoms with Gasteiger partial charge in [0.25, 0.3) is 0 Å². The number of rotatable bonds is 3. The second-order valence-electron chi connectivity index (χ2n) is 5.32. The summed E-state index contributed by atoms with van der Waals surface area (Å²) in [4.78, 5) is 8.83. The summed E-state index contributed by atoms with van der Waals surface area (Å²) in [5.74, 6) is 1.85. The van der Waals surface area contributed by atoms with Gasteiger partial charge in [-0.25, -0.2) is 4.98 Å². The Labute approximate surface area is 138 Å². The number of benzene rings is 1. The maximum absolute atomic E-state index is 6.17. The number of nitrogens with two attached hydrogens (primary N) is 1. The van der Waals surface area contributed by atoms with Crippen molar-refractivity contribution in [3.05, 3.63) is 60.8 Å². The van der Waals surface area contributed by atoms with Gasteiger partial charge in [-0.1, -0.05) is 18.2 Å². The van der Waals surface area contributed by atoms with E-state index in [1.165, 1.54) is 0 Å². The molecule has 0 aliphatic heterocycles. The van der Waals surface area contributed by atoms with Crippen LogP contribution in [0.4, 0.5) is 5.82 Å². The van der Waals surface area contributed by atoms with Crippen molar-refractivity contribution in [2.24, 2.45) is 0 Å². The summed E-state index contributed by atoms with van der Waals surface area (Å²) in [6, 6.07) is 17.3. The van der Waals surface area contributed by atoms with Crippen LogP contribution in [0.1, 0.15) is 0 Å². The van der Waals surface area contributed by atoms with Crippen LogP contribution >= 0.6 is 0 Å². The summed E-state index contributed by atoms with van der Waals surface area (Å²) >= 11 is 0. The summed E-state index contributed by atoms with van der Waals surface area (Å²) in [7, 11) is 1.65. The van der Waals surface area contributed by atoms with E-state index < -0.39 is 0 Å². The van der Waals surface area contributed by atoms with Crippen LogP contribution in [0.15, 0.2) is 60.8 Å². The number of pyridine rings is 2. The maximum Gasteiger partial charge on any atom is 0.200 e. The number of fused-ring (bicyclic) bond motifs is 1. The fourth-order valence-electron chi connectivity index (χ4n) is 2.58. The summed E-state index contributed by atoms with van der Waals surface area (Å²) in [5, 5.41) is 4.44. The zero-order valence-electron chi connectivity index (χ0n) is 13.0. The first kappa shape index (κ1) is 14.2. The SMILES string of the molecule is COc1cccc(-c2cc(N)n3nc(-c4ccccn4)nc3c2)c1. The quantitative estimate of drug-likeness (QED) is 0.628. The molecule has 4 aromatic rings. The van der Waals surface area contributed by atoms with Gasteiger partial charge in [0.2, 0.25) is 5.82 Å². The van der Waals surface area contributed by atoms with Crippen molar-refractivity contribution in [3.63, 3.8) is 0 Å². The average molecular weight is 317 g/mol. The molecule has 0 bridgehead atoms. The molecule has 0 radical (unpaired) electrons. The number of hydrogen-bond acceptors (Lipinski definition) is 5. The van der Waals surface area contributed by atoms with Crippen molar-refractivity contribution in [1.29, 1.82) is 0 Å². The Morgan fingerprint density at radius 2 is 1.92 bits per heavy atom. The highest BCUT2D eigenvalue weighted by molar-refractivity contribution is 5.72. The van der Waals surface area contributed by atoms with E-state index >= 15 is 0 Å². The summed E-state index contributed by atoms with van der Waals surface area (Å²) in [6.07, 6.45) is 1.71. The Balaban J connectivity index is 1.85. The Bertz CT molecular complexity index is 1010. The Kier molecular flexibility index (Phi) is 3.35. The third kappa shape index (κ3) is 2.44. The third-order valence-electron chi connectivity index (χ3n) is 3.76. The molecule has 2 N–H and O–H groups in total. The van der Waals surface area contributed by atoms with E-state index in [2.05, 4.69) is 15.1 Å². The minimum Gasteiger partial charge on any atom is -0.497 e. The first-order valence-electron chi connectivity index (χ1n) is 7.47. The molecule has 4 rings (SSSR count). The highest BCUT2D eigenvalue weighted by atomic mass is 16.5. The van der Waals surface area contributed by atoms with E-state index in [1.807, 2.05) is 54.6 Å². The lowest BCUT2D eigenvalue weighted by Crippen LogP contribution is -1.99. The summed E-state index contributed by atoms with van der Waals surface area (Å²) in [6.45, 7) is 0. The van der Waals surface area contributed by atoms with Gasteiger partial charge in [0.05, 0.1) is 7.11 Å². The molecule has 6 heteroatoms. The van der Waals surface area contributed by atoms with Crippen molar-refractivity contribution < 1.29 is 4.74 Å². The van der Waals surface area contributed by atoms with Crippen LogP contribution in [0.3, 0.4) is 0 Å². The van der Waals surface area contributed by atoms with Gasteiger partial charge < -0.3 is 10.5 Å². The number of anilines is 1. The van der Waals surface area contributed by atoms with E-state index in [1.54, 1.807) is 17.8 Å². The molecule has 0 aliphatic rings. The first-order valence-corrected chi connectivity index (χ1v) is 7.47. The van der Waals surface area contributed by atoms with Crippen LogP contribution in [0.25, 0.3) is 28.3 Å². The van der Waals surface area contributed by atoms with Gasteiger partial charge in [0, 0.05) is 6.20 Å². The highest BCUT2D eigenvalue weighted by Crippen LogP contribution is 2.27. The summed E-state index contributed by atoms with van der Waals surface area (Å²) < 4.78 is 6.90. The molecule has 0 unspecified atom stereocenters. The lowest BCUT2D eigenvalue weighted by molar-refractivity contribution is 0.415. The zero-order chi connectivity index (χ0) is 16.5. The predicted octanol–water partition coefficient (Wildman–Crippen LogP) is 3.05. The van der Waals surface area contributed by atoms with E-state index in [4.69, 9.17) is 10.5 Å². The molecule has 0 atom stereocenters. The van der Waals surface area contributed by atoms with Crippen molar-refractivity contribution in [3.8, 4) is 28.4 Å². The topological polar surface area (TPSA) is 78.3 Å². The van der Waals surface area contributed by atoms with Crippen LogP contribution in [0, 0.1) is 0 Å². The number of nitrogens with zero attached hydrogens (tertiary/aromatic N) is 4. The molecule has 6 nitrogen and oxygen atoms in total. The van der Waals surface area contributed by atoms with Crippen molar-refractivity contribution >= 4 is 11.5 Å². The molecular weight excluding hydrogens is 302 g/mol. The van der Waals surface area contributed by atoms with Crippen LogP contribution in [0.5, 0.6) is 5.75 Å². The number of ether oxygens (including phenoxy) is 1. The van der Waals surface area contributed by atoms with E-state index in [9.17, 15) is 0 Å². The third-order valence-corrected chi connectivity index (χ3v) is 3.76. The number of hydrogen-bond donors (Lipinski definition) is 1. The monoisotopic (exact) mass is 317 g/mol. The second-order valence-corrected chi connectivity index (χ2v) is 5.32. The Hall–Kier alpha value is -3.41. The number of aromatic nitrogens is 4. The molecule has 3 aromatic heterocycles. The minimum atomic E-state index is 0.514. The van der Waals surface area contributed by atoms with Gasteiger partial charge >= 0.3 is 0 Å². The van der Waals surface area contributed by atoms with Crippen LogP contribution in [-0.4, -0.2) is 26.7 Å². The molecule has 0 fully saturated rings. The molecule has 0 spiro atoms. The molecular formula is C18H15N5O. The number of methoxy groups -OCH3 is 1. The van der Waals surface area contributed by atoms with Crippen LogP contribution < -0.4 is 10.5 Å². The van der Waals surface area contributed by atoms with Crippen molar-refractivity contribution in [2.45, 2.75) is 0 Å². The second kappa shape index (κ2) is 5.66. The Morgan fingerprint density at radius 1 is 1.00 bits per heavy atom. The lowest BCUT2D eigenvalue weighted by Gasteiger charge is -2.06. The normalized spacial score (nSPS) is 10.9. The molecule has 0 amide bonds. The lowest BCUT2D eigenvalue weighted by atomic mass is 10.1. The molecule has 3 heterocycles. The standard InChI is InChI=1S/C18H15N5O/c1-24-14-6-4-5-12(9-14)13-10-16(19)23-17(11-13)21-18(22-23)15-7-2-3-8-20-15/h2-11H,19H2,1H3. The molecule has 0 saturated carbocycles. The van der Waals surface area contributed by atoms with Gasteiger partial charge in [-0.2, -0.15) is 4.52 Å². The minimum absolute atomic E-state index is 0.514. The highest BCUT2D eigenvalue weighted by Gasteiger charge is 2.11. The Morgan fingerprint density at radius 3 is 2.71 bits per heavy atom. The molecule has 24 heavy (non-hydrogen) atoms. The van der Waals surface area contributed by atoms with E-state index in [0.29, 0.717) is 23.0 Å². The summed E-state index contributed by atoms with van der Waals surface area (Å²) in [5.41, 5.74) is 9.51. The fraction of sp³-hybridized carbons (Fsp3) is 0.0556. The molecule has 0 saturated heterocycles. The average Bonchev–Trinajstić information content (AvgIpc) is 3.07.